The molecule has 2 unspecified atom stereocenters. The molecule has 0 fully saturated rings. The summed E-state index contributed by atoms with van der Waals surface area (Å²) in [6, 6.07) is 7.29. The summed E-state index contributed by atoms with van der Waals surface area (Å²) in [4.78, 5) is 0. The van der Waals surface area contributed by atoms with E-state index in [1.807, 2.05) is 0 Å². The van der Waals surface area contributed by atoms with Crippen LogP contribution in [-0.4, -0.2) is 6.04 Å². The summed E-state index contributed by atoms with van der Waals surface area (Å²) < 4.78 is 0. The molecule has 18 heavy (non-hydrogen) atoms. The highest BCUT2D eigenvalue weighted by molar-refractivity contribution is 5.39. The third-order valence-electron chi connectivity index (χ3n) is 3.49. The van der Waals surface area contributed by atoms with Crippen molar-refractivity contribution in [1.29, 1.82) is 5.26 Å². The van der Waals surface area contributed by atoms with Crippen LogP contribution in [0.25, 0.3) is 0 Å². The summed E-state index contributed by atoms with van der Waals surface area (Å²) in [5.41, 5.74) is 5.35. The molecule has 98 valence electrons. The second kappa shape index (κ2) is 6.56. The second-order valence-corrected chi connectivity index (χ2v) is 5.17. The number of nitrogens with zero attached hydrogens (tertiary/aromatic N) is 1. The van der Waals surface area contributed by atoms with Gasteiger partial charge in [-0.3, -0.25) is 0 Å². The lowest BCUT2D eigenvalue weighted by atomic mass is 9.94. The standard InChI is InChI=1S/C16H24N2/c1-6-15(7-8-17)18-14(5)16-12(3)9-11(2)10-13(16)4/h9-10,14-15,18H,6-7H2,1-5H3. The molecule has 2 heteroatoms. The third kappa shape index (κ3) is 3.58. The van der Waals surface area contributed by atoms with Crippen LogP contribution in [-0.2, 0) is 0 Å². The molecule has 2 nitrogen and oxygen atoms in total. The Labute approximate surface area is 111 Å². The van der Waals surface area contributed by atoms with Crippen molar-refractivity contribution in [2.75, 3.05) is 0 Å². The Bertz CT molecular complexity index is 420. The SMILES string of the molecule is CCC(CC#N)NC(C)c1c(C)cc(C)cc1C. The number of nitrogens with one attached hydrogen (secondary N) is 1. The average Bonchev–Trinajstić information content (AvgIpc) is 2.26. The summed E-state index contributed by atoms with van der Waals surface area (Å²) in [5.74, 6) is 0. The van der Waals surface area contributed by atoms with E-state index in [-0.39, 0.29) is 6.04 Å². The van der Waals surface area contributed by atoms with E-state index in [0.717, 1.165) is 6.42 Å². The fourth-order valence-corrected chi connectivity index (χ4v) is 2.74. The zero-order chi connectivity index (χ0) is 13.7. The minimum Gasteiger partial charge on any atom is -0.306 e. The molecule has 0 amide bonds. The van der Waals surface area contributed by atoms with Gasteiger partial charge in [0.1, 0.15) is 0 Å². The van der Waals surface area contributed by atoms with Crippen LogP contribution in [0.1, 0.15) is 55.0 Å². The lowest BCUT2D eigenvalue weighted by Crippen LogP contribution is -2.31. The maximum Gasteiger partial charge on any atom is 0.0638 e. The monoisotopic (exact) mass is 244 g/mol. The van der Waals surface area contributed by atoms with Crippen LogP contribution in [0.5, 0.6) is 0 Å². The fraction of sp³-hybridized carbons (Fsp3) is 0.562. The Morgan fingerprint density at radius 1 is 1.22 bits per heavy atom. The normalized spacial score (nSPS) is 14.0. The number of hydrogen-bond donors (Lipinski definition) is 1. The number of benzene rings is 1. The predicted octanol–water partition coefficient (Wildman–Crippen LogP) is 3.95. The molecule has 1 N–H and O–H groups in total. The molecule has 1 rings (SSSR count). The number of aryl methyl sites for hydroxylation is 3. The molecule has 0 spiro atoms. The molecule has 0 aliphatic carbocycles. The van der Waals surface area contributed by atoms with Crippen molar-refractivity contribution in [3.8, 4) is 6.07 Å². The van der Waals surface area contributed by atoms with E-state index < -0.39 is 0 Å². The molecule has 0 saturated carbocycles. The van der Waals surface area contributed by atoms with Crippen LogP contribution in [0.15, 0.2) is 12.1 Å². The van der Waals surface area contributed by atoms with E-state index in [1.54, 1.807) is 0 Å². The van der Waals surface area contributed by atoms with Gasteiger partial charge in [0.25, 0.3) is 0 Å². The Balaban J connectivity index is 2.90. The summed E-state index contributed by atoms with van der Waals surface area (Å²) in [6.07, 6.45) is 1.56. The lowest BCUT2D eigenvalue weighted by molar-refractivity contribution is 0.446. The molecule has 0 aliphatic rings. The van der Waals surface area contributed by atoms with Gasteiger partial charge in [-0.1, -0.05) is 24.6 Å². The first-order valence-corrected chi connectivity index (χ1v) is 6.70. The van der Waals surface area contributed by atoms with Crippen LogP contribution >= 0.6 is 0 Å². The zero-order valence-corrected chi connectivity index (χ0v) is 12.2. The van der Waals surface area contributed by atoms with E-state index in [1.165, 1.54) is 22.3 Å². The molecule has 1 aromatic rings. The second-order valence-electron chi connectivity index (χ2n) is 5.17. The first-order valence-electron chi connectivity index (χ1n) is 6.70. The van der Waals surface area contributed by atoms with Crippen LogP contribution in [0.4, 0.5) is 0 Å². The highest BCUT2D eigenvalue weighted by atomic mass is 14.9. The number of rotatable bonds is 5. The minimum absolute atomic E-state index is 0.283. The van der Waals surface area contributed by atoms with Gasteiger partial charge in [-0.25, -0.2) is 0 Å². The van der Waals surface area contributed by atoms with Crippen LogP contribution in [0.2, 0.25) is 0 Å². The van der Waals surface area contributed by atoms with Gasteiger partial charge in [0, 0.05) is 12.1 Å². The van der Waals surface area contributed by atoms with Gasteiger partial charge < -0.3 is 5.32 Å². The maximum atomic E-state index is 8.81. The molecule has 0 bridgehead atoms. The van der Waals surface area contributed by atoms with Crippen LogP contribution < -0.4 is 5.32 Å². The lowest BCUT2D eigenvalue weighted by Gasteiger charge is -2.24. The van der Waals surface area contributed by atoms with Gasteiger partial charge in [0.15, 0.2) is 0 Å². The first kappa shape index (κ1) is 14.7. The van der Waals surface area contributed by atoms with Crippen molar-refractivity contribution >= 4 is 0 Å². The minimum atomic E-state index is 0.283. The van der Waals surface area contributed by atoms with E-state index in [4.69, 9.17) is 5.26 Å². The van der Waals surface area contributed by atoms with Crippen LogP contribution in [0, 0.1) is 32.1 Å². The first-order chi connectivity index (χ1) is 8.49. The van der Waals surface area contributed by atoms with E-state index in [9.17, 15) is 0 Å². The van der Waals surface area contributed by atoms with E-state index in [2.05, 4.69) is 58.1 Å². The van der Waals surface area contributed by atoms with E-state index >= 15 is 0 Å². The van der Waals surface area contributed by atoms with Crippen molar-refractivity contribution in [3.05, 3.63) is 34.4 Å². The molecule has 2 atom stereocenters. The van der Waals surface area contributed by atoms with Crippen molar-refractivity contribution in [1.82, 2.24) is 5.32 Å². The Kier molecular flexibility index (Phi) is 5.37. The van der Waals surface area contributed by atoms with Gasteiger partial charge in [-0.15, -0.1) is 0 Å². The van der Waals surface area contributed by atoms with E-state index in [0.29, 0.717) is 12.5 Å². The predicted molar refractivity (Wildman–Crippen MR) is 76.5 cm³/mol. The summed E-state index contributed by atoms with van der Waals surface area (Å²) >= 11 is 0. The smallest absolute Gasteiger partial charge is 0.0638 e. The van der Waals surface area contributed by atoms with Crippen molar-refractivity contribution in [2.45, 2.75) is 59.5 Å². The van der Waals surface area contributed by atoms with Gasteiger partial charge in [0.05, 0.1) is 12.5 Å². The third-order valence-corrected chi connectivity index (χ3v) is 3.49. The average molecular weight is 244 g/mol. The summed E-state index contributed by atoms with van der Waals surface area (Å²) in [6.45, 7) is 10.8. The fourth-order valence-electron chi connectivity index (χ4n) is 2.74. The molecular weight excluding hydrogens is 220 g/mol. The van der Waals surface area contributed by atoms with Crippen LogP contribution in [0.3, 0.4) is 0 Å². The van der Waals surface area contributed by atoms with Crippen molar-refractivity contribution < 1.29 is 0 Å². The van der Waals surface area contributed by atoms with Crippen molar-refractivity contribution in [2.24, 2.45) is 0 Å². The van der Waals surface area contributed by atoms with Gasteiger partial charge in [-0.05, 0) is 50.8 Å². The topological polar surface area (TPSA) is 35.8 Å². The highest BCUT2D eigenvalue weighted by Gasteiger charge is 2.15. The summed E-state index contributed by atoms with van der Waals surface area (Å²) in [7, 11) is 0. The highest BCUT2D eigenvalue weighted by Crippen LogP contribution is 2.24. The molecule has 0 radical (unpaired) electrons. The Hall–Kier alpha value is -1.33. The molecule has 0 saturated heterocycles. The number of nitriles is 1. The molecule has 0 heterocycles. The van der Waals surface area contributed by atoms with Gasteiger partial charge >= 0.3 is 0 Å². The molecule has 0 aliphatic heterocycles. The Morgan fingerprint density at radius 2 is 1.78 bits per heavy atom. The number of hydrogen-bond acceptors (Lipinski definition) is 2. The maximum absolute atomic E-state index is 8.81. The van der Waals surface area contributed by atoms with Gasteiger partial charge in [0.2, 0.25) is 0 Å². The quantitative estimate of drug-likeness (QED) is 0.851. The molecular formula is C16H24N2. The molecule has 1 aromatic carbocycles. The molecule has 0 aromatic heterocycles. The Morgan fingerprint density at radius 3 is 2.22 bits per heavy atom. The van der Waals surface area contributed by atoms with Gasteiger partial charge in [-0.2, -0.15) is 5.26 Å². The van der Waals surface area contributed by atoms with Crippen molar-refractivity contribution in [3.63, 3.8) is 0 Å². The largest absolute Gasteiger partial charge is 0.306 e. The summed E-state index contributed by atoms with van der Waals surface area (Å²) in [5, 5.41) is 12.4. The zero-order valence-electron chi connectivity index (χ0n) is 12.2.